The Morgan fingerprint density at radius 2 is 2.00 bits per heavy atom. The molecule has 2 rings (SSSR count). The summed E-state index contributed by atoms with van der Waals surface area (Å²) in [7, 11) is 1.73. The van der Waals surface area contributed by atoms with E-state index in [2.05, 4.69) is 25.5 Å². The molecule has 0 spiro atoms. The number of anilines is 2. The largest absolute Gasteiger partial charge is 0.395 e. The summed E-state index contributed by atoms with van der Waals surface area (Å²) in [5.41, 5.74) is 0.616. The molecule has 0 bridgehead atoms. The third-order valence-electron chi connectivity index (χ3n) is 2.55. The second kappa shape index (κ2) is 5.61. The maximum absolute atomic E-state index is 9.07. The van der Waals surface area contributed by atoms with Crippen LogP contribution in [0.3, 0.4) is 0 Å². The minimum atomic E-state index is -0.0156. The van der Waals surface area contributed by atoms with Crippen molar-refractivity contribution in [1.82, 2.24) is 20.2 Å². The van der Waals surface area contributed by atoms with Crippen LogP contribution < -0.4 is 10.2 Å². The monoisotopic (exact) mass is 252 g/mol. The molecule has 0 aliphatic heterocycles. The molecule has 0 aromatic carbocycles. The lowest BCUT2D eigenvalue weighted by Gasteiger charge is -2.22. The average Bonchev–Trinajstić information content (AvgIpc) is 2.85. The van der Waals surface area contributed by atoms with Gasteiger partial charge in [0.1, 0.15) is 5.82 Å². The minimum absolute atomic E-state index is 0.0156. The quantitative estimate of drug-likeness (QED) is 0.532. The number of aromatic amines is 1. The summed E-state index contributed by atoms with van der Waals surface area (Å²) in [6.07, 6.45) is 1.63. The standard InChI is InChI=1S/C10H16N6O2/c1-11-10-13-8-7(6-12-15-8)9(14-10)16(2-4-17)3-5-18/h6,17-18H,2-5H2,1H3,(H2,11,12,13,14,15). The lowest BCUT2D eigenvalue weighted by atomic mass is 10.3. The molecule has 2 aromatic heterocycles. The fourth-order valence-corrected chi connectivity index (χ4v) is 1.74. The first-order chi connectivity index (χ1) is 8.80. The zero-order chi connectivity index (χ0) is 13.0. The minimum Gasteiger partial charge on any atom is -0.395 e. The summed E-state index contributed by atoms with van der Waals surface area (Å²) >= 11 is 0. The van der Waals surface area contributed by atoms with E-state index in [0.717, 1.165) is 5.39 Å². The Morgan fingerprint density at radius 3 is 2.61 bits per heavy atom. The van der Waals surface area contributed by atoms with Crippen molar-refractivity contribution in [1.29, 1.82) is 0 Å². The third kappa shape index (κ3) is 2.34. The Kier molecular flexibility index (Phi) is 3.90. The van der Waals surface area contributed by atoms with Gasteiger partial charge in [0.05, 0.1) is 24.8 Å². The summed E-state index contributed by atoms with van der Waals surface area (Å²) in [5.74, 6) is 1.10. The van der Waals surface area contributed by atoms with Crippen molar-refractivity contribution in [2.45, 2.75) is 0 Å². The highest BCUT2D eigenvalue weighted by atomic mass is 16.3. The fraction of sp³-hybridized carbons (Fsp3) is 0.500. The van der Waals surface area contributed by atoms with Gasteiger partial charge in [0.15, 0.2) is 5.65 Å². The van der Waals surface area contributed by atoms with Crippen LogP contribution in [0.2, 0.25) is 0 Å². The van der Waals surface area contributed by atoms with Crippen LogP contribution in [0.15, 0.2) is 6.20 Å². The Balaban J connectivity index is 2.48. The molecule has 0 fully saturated rings. The van der Waals surface area contributed by atoms with Crippen molar-refractivity contribution in [3.05, 3.63) is 6.20 Å². The maximum atomic E-state index is 9.07. The molecule has 8 nitrogen and oxygen atoms in total. The number of aliphatic hydroxyl groups excluding tert-OH is 2. The molecule has 0 saturated carbocycles. The van der Waals surface area contributed by atoms with Gasteiger partial charge in [0.25, 0.3) is 0 Å². The number of H-pyrrole nitrogens is 1. The van der Waals surface area contributed by atoms with Gasteiger partial charge in [-0.2, -0.15) is 15.1 Å². The van der Waals surface area contributed by atoms with Crippen LogP contribution in [0.25, 0.3) is 11.0 Å². The van der Waals surface area contributed by atoms with Gasteiger partial charge in [-0.25, -0.2) is 0 Å². The van der Waals surface area contributed by atoms with Gasteiger partial charge in [-0.3, -0.25) is 5.10 Å². The second-order valence-corrected chi connectivity index (χ2v) is 3.69. The van der Waals surface area contributed by atoms with Crippen LogP contribution in [-0.2, 0) is 0 Å². The predicted molar refractivity (Wildman–Crippen MR) is 67.6 cm³/mol. The molecule has 0 amide bonds. The van der Waals surface area contributed by atoms with Crippen LogP contribution in [-0.4, -0.2) is 63.7 Å². The van der Waals surface area contributed by atoms with E-state index < -0.39 is 0 Å². The normalized spacial score (nSPS) is 10.8. The van der Waals surface area contributed by atoms with E-state index in [1.807, 2.05) is 0 Å². The molecule has 4 N–H and O–H groups in total. The molecule has 2 aromatic rings. The van der Waals surface area contributed by atoms with Gasteiger partial charge in [0.2, 0.25) is 5.95 Å². The number of nitrogens with zero attached hydrogens (tertiary/aromatic N) is 4. The van der Waals surface area contributed by atoms with Crippen molar-refractivity contribution in [2.24, 2.45) is 0 Å². The number of rotatable bonds is 6. The van der Waals surface area contributed by atoms with E-state index in [9.17, 15) is 0 Å². The van der Waals surface area contributed by atoms with Crippen molar-refractivity contribution in [2.75, 3.05) is 43.6 Å². The van der Waals surface area contributed by atoms with E-state index in [-0.39, 0.29) is 13.2 Å². The van der Waals surface area contributed by atoms with Crippen LogP contribution in [0.5, 0.6) is 0 Å². The Labute approximate surface area is 104 Å². The molecular weight excluding hydrogens is 236 g/mol. The van der Waals surface area contributed by atoms with Crippen LogP contribution in [0.1, 0.15) is 0 Å². The molecule has 0 unspecified atom stereocenters. The zero-order valence-electron chi connectivity index (χ0n) is 10.1. The first kappa shape index (κ1) is 12.5. The number of aliphatic hydroxyl groups is 2. The Morgan fingerprint density at radius 1 is 1.28 bits per heavy atom. The lowest BCUT2D eigenvalue weighted by Crippen LogP contribution is -2.30. The molecular formula is C10H16N6O2. The Hall–Kier alpha value is -1.93. The van der Waals surface area contributed by atoms with Crippen molar-refractivity contribution >= 4 is 22.8 Å². The van der Waals surface area contributed by atoms with Gasteiger partial charge in [0, 0.05) is 20.1 Å². The highest BCUT2D eigenvalue weighted by Crippen LogP contribution is 2.23. The van der Waals surface area contributed by atoms with Gasteiger partial charge in [-0.1, -0.05) is 0 Å². The van der Waals surface area contributed by atoms with Crippen molar-refractivity contribution in [3.8, 4) is 0 Å². The van der Waals surface area contributed by atoms with Crippen LogP contribution >= 0.6 is 0 Å². The van der Waals surface area contributed by atoms with E-state index in [1.54, 1.807) is 18.1 Å². The van der Waals surface area contributed by atoms with Gasteiger partial charge >= 0.3 is 0 Å². The topological polar surface area (TPSA) is 110 Å². The van der Waals surface area contributed by atoms with Crippen LogP contribution in [0, 0.1) is 0 Å². The lowest BCUT2D eigenvalue weighted by molar-refractivity contribution is 0.281. The summed E-state index contributed by atoms with van der Waals surface area (Å²) < 4.78 is 0. The number of nitrogens with one attached hydrogen (secondary N) is 2. The summed E-state index contributed by atoms with van der Waals surface area (Å²) in [6.45, 7) is 0.748. The van der Waals surface area contributed by atoms with E-state index >= 15 is 0 Å². The molecule has 18 heavy (non-hydrogen) atoms. The molecule has 0 saturated heterocycles. The fourth-order valence-electron chi connectivity index (χ4n) is 1.74. The number of hydrogen-bond acceptors (Lipinski definition) is 7. The number of fused-ring (bicyclic) bond motifs is 1. The average molecular weight is 252 g/mol. The molecule has 0 aliphatic carbocycles. The second-order valence-electron chi connectivity index (χ2n) is 3.69. The number of hydrogen-bond donors (Lipinski definition) is 4. The van der Waals surface area contributed by atoms with E-state index in [1.165, 1.54) is 0 Å². The van der Waals surface area contributed by atoms with Crippen LogP contribution in [0.4, 0.5) is 11.8 Å². The van der Waals surface area contributed by atoms with Crippen molar-refractivity contribution < 1.29 is 10.2 Å². The molecule has 0 aliphatic rings. The molecule has 0 radical (unpaired) electrons. The molecule has 2 heterocycles. The maximum Gasteiger partial charge on any atom is 0.226 e. The zero-order valence-corrected chi connectivity index (χ0v) is 10.1. The Bertz CT molecular complexity index is 508. The summed E-state index contributed by atoms with van der Waals surface area (Å²) in [4.78, 5) is 10.4. The first-order valence-electron chi connectivity index (χ1n) is 5.65. The van der Waals surface area contributed by atoms with Gasteiger partial charge in [-0.15, -0.1) is 0 Å². The van der Waals surface area contributed by atoms with E-state index in [4.69, 9.17) is 10.2 Å². The van der Waals surface area contributed by atoms with Gasteiger partial charge in [-0.05, 0) is 0 Å². The predicted octanol–water partition coefficient (Wildman–Crippen LogP) is -0.814. The smallest absolute Gasteiger partial charge is 0.226 e. The van der Waals surface area contributed by atoms with Gasteiger partial charge < -0.3 is 20.4 Å². The highest BCUT2D eigenvalue weighted by molar-refractivity contribution is 5.87. The molecule has 8 heteroatoms. The van der Waals surface area contributed by atoms with Crippen molar-refractivity contribution in [3.63, 3.8) is 0 Å². The number of aromatic nitrogens is 4. The first-order valence-corrected chi connectivity index (χ1v) is 5.65. The summed E-state index contributed by atoms with van der Waals surface area (Å²) in [5, 5.41) is 28.5. The SMILES string of the molecule is CNc1nc(N(CCO)CCO)c2cn[nH]c2n1. The third-order valence-corrected chi connectivity index (χ3v) is 2.55. The summed E-state index contributed by atoms with van der Waals surface area (Å²) in [6, 6.07) is 0. The molecule has 98 valence electrons. The highest BCUT2D eigenvalue weighted by Gasteiger charge is 2.14. The molecule has 0 atom stereocenters. The van der Waals surface area contributed by atoms with E-state index in [0.29, 0.717) is 30.5 Å².